The fourth-order valence-electron chi connectivity index (χ4n) is 4.32. The second-order valence-electron chi connectivity index (χ2n) is 10.6. The second-order valence-corrected chi connectivity index (χ2v) is 10.6. The number of imidazole rings is 1. The first-order chi connectivity index (χ1) is 18.9. The predicted octanol–water partition coefficient (Wildman–Crippen LogP) is 4.53. The van der Waals surface area contributed by atoms with E-state index in [-0.39, 0.29) is 19.1 Å². The van der Waals surface area contributed by atoms with Crippen LogP contribution in [-0.4, -0.2) is 62.4 Å². The van der Waals surface area contributed by atoms with Crippen molar-refractivity contribution in [2.75, 3.05) is 20.7 Å². The van der Waals surface area contributed by atoms with E-state index < -0.39 is 17.5 Å². The summed E-state index contributed by atoms with van der Waals surface area (Å²) in [5, 5.41) is 6.93. The maximum absolute atomic E-state index is 14.3. The van der Waals surface area contributed by atoms with Crippen LogP contribution < -0.4 is 10.1 Å². The van der Waals surface area contributed by atoms with Crippen LogP contribution in [0.1, 0.15) is 48.2 Å². The molecule has 0 unspecified atom stereocenters. The second kappa shape index (κ2) is 11.4. The summed E-state index contributed by atoms with van der Waals surface area (Å²) >= 11 is 0. The number of rotatable bonds is 8. The highest BCUT2D eigenvalue weighted by molar-refractivity contribution is 5.93. The third kappa shape index (κ3) is 6.24. The average Bonchev–Trinajstić information content (AvgIpc) is 3.42. The van der Waals surface area contributed by atoms with Gasteiger partial charge in [0.2, 0.25) is 0 Å². The van der Waals surface area contributed by atoms with Crippen molar-refractivity contribution in [1.29, 1.82) is 0 Å². The summed E-state index contributed by atoms with van der Waals surface area (Å²) in [7, 11) is 5.01. The molecule has 3 heterocycles. The summed E-state index contributed by atoms with van der Waals surface area (Å²) in [6.07, 6.45) is 3.58. The maximum Gasteiger partial charge on any atom is 0.410 e. The molecule has 0 aliphatic heterocycles. The fourth-order valence-corrected chi connectivity index (χ4v) is 4.32. The summed E-state index contributed by atoms with van der Waals surface area (Å²) in [6, 6.07) is 8.14. The van der Waals surface area contributed by atoms with Crippen LogP contribution in [0.25, 0.3) is 16.8 Å². The standard InChI is InChI=1S/C29H35FN6O4/c1-18-22(26(27(37)31-5)33-35(18)7)12-13-39-24-14-20(30)9-10-23(24)19-8-11-25-32-15-21(36(25)16-19)17-34(6)28(38)40-29(2,3)4/h8-11,14-16H,12-13,17H2,1-7H3,(H,31,37). The highest BCUT2D eigenvalue weighted by Gasteiger charge is 2.21. The van der Waals surface area contributed by atoms with Gasteiger partial charge in [0.25, 0.3) is 5.91 Å². The van der Waals surface area contributed by atoms with E-state index in [9.17, 15) is 14.0 Å². The summed E-state index contributed by atoms with van der Waals surface area (Å²) in [5.74, 6) is -0.326. The first kappa shape index (κ1) is 28.6. The number of carbonyl (C=O) groups is 2. The lowest BCUT2D eigenvalue weighted by molar-refractivity contribution is 0.0282. The number of aryl methyl sites for hydroxylation is 1. The third-order valence-electron chi connectivity index (χ3n) is 6.45. The summed E-state index contributed by atoms with van der Waals surface area (Å²) in [6.45, 7) is 7.85. The van der Waals surface area contributed by atoms with Gasteiger partial charge in [-0.15, -0.1) is 0 Å². The van der Waals surface area contributed by atoms with Gasteiger partial charge in [-0.05, 0) is 52.0 Å². The molecule has 0 aliphatic rings. The van der Waals surface area contributed by atoms with E-state index in [1.165, 1.54) is 17.0 Å². The Bertz CT molecular complexity index is 1550. The molecule has 0 fully saturated rings. The molecule has 0 saturated heterocycles. The number of benzene rings is 1. The molecule has 1 N–H and O–H groups in total. The van der Waals surface area contributed by atoms with Gasteiger partial charge in [-0.1, -0.05) is 0 Å². The number of hydrogen-bond acceptors (Lipinski definition) is 6. The van der Waals surface area contributed by atoms with Gasteiger partial charge in [-0.2, -0.15) is 5.10 Å². The van der Waals surface area contributed by atoms with Gasteiger partial charge < -0.3 is 24.1 Å². The Morgan fingerprint density at radius 1 is 1.18 bits per heavy atom. The van der Waals surface area contributed by atoms with E-state index in [1.54, 1.807) is 38.1 Å². The van der Waals surface area contributed by atoms with Crippen LogP contribution in [0, 0.1) is 12.7 Å². The Hall–Kier alpha value is -4.41. The van der Waals surface area contributed by atoms with Crippen molar-refractivity contribution in [3.63, 3.8) is 0 Å². The van der Waals surface area contributed by atoms with Crippen LogP contribution in [0.2, 0.25) is 0 Å². The van der Waals surface area contributed by atoms with E-state index in [0.717, 1.165) is 22.5 Å². The molecule has 40 heavy (non-hydrogen) atoms. The van der Waals surface area contributed by atoms with Crippen molar-refractivity contribution in [2.24, 2.45) is 7.05 Å². The van der Waals surface area contributed by atoms with Crippen LogP contribution in [0.15, 0.2) is 42.7 Å². The van der Waals surface area contributed by atoms with Gasteiger partial charge >= 0.3 is 6.09 Å². The molecule has 11 heteroatoms. The average molecular weight is 551 g/mol. The molecule has 4 rings (SSSR count). The maximum atomic E-state index is 14.3. The molecule has 10 nitrogen and oxygen atoms in total. The Morgan fingerprint density at radius 3 is 2.62 bits per heavy atom. The van der Waals surface area contributed by atoms with E-state index in [4.69, 9.17) is 9.47 Å². The van der Waals surface area contributed by atoms with E-state index in [1.807, 2.05) is 50.4 Å². The van der Waals surface area contributed by atoms with E-state index in [2.05, 4.69) is 15.4 Å². The minimum Gasteiger partial charge on any atom is -0.492 e. The normalized spacial score (nSPS) is 11.5. The van der Waals surface area contributed by atoms with Gasteiger partial charge in [-0.3, -0.25) is 9.48 Å². The van der Waals surface area contributed by atoms with Crippen molar-refractivity contribution < 1.29 is 23.5 Å². The number of halogens is 1. The largest absolute Gasteiger partial charge is 0.492 e. The number of nitrogens with one attached hydrogen (secondary N) is 1. The highest BCUT2D eigenvalue weighted by Crippen LogP contribution is 2.32. The number of nitrogens with zero attached hydrogens (tertiary/aromatic N) is 5. The van der Waals surface area contributed by atoms with Gasteiger partial charge in [0, 0.05) is 62.2 Å². The van der Waals surface area contributed by atoms with Crippen molar-refractivity contribution in [2.45, 2.75) is 46.3 Å². The number of carbonyl (C=O) groups excluding carboxylic acids is 2. The predicted molar refractivity (Wildman–Crippen MR) is 149 cm³/mol. The SMILES string of the molecule is CNC(=O)c1nn(C)c(C)c1CCOc1cc(F)ccc1-c1ccc2ncc(CN(C)C(=O)OC(C)(C)C)n2c1. The number of aromatic nitrogens is 4. The summed E-state index contributed by atoms with van der Waals surface area (Å²) in [5.41, 5.74) is 4.34. The minimum atomic E-state index is -0.601. The molecule has 0 bridgehead atoms. The van der Waals surface area contributed by atoms with E-state index >= 15 is 0 Å². The number of amides is 2. The molecular weight excluding hydrogens is 515 g/mol. The molecule has 0 radical (unpaired) electrons. The van der Waals surface area contributed by atoms with Gasteiger partial charge in [0.05, 0.1) is 25.0 Å². The molecule has 0 atom stereocenters. The lowest BCUT2D eigenvalue weighted by Gasteiger charge is -2.24. The molecule has 3 aromatic heterocycles. The Labute approximate surface area is 232 Å². The molecule has 4 aromatic rings. The fraction of sp³-hybridized carbons (Fsp3) is 0.379. The lowest BCUT2D eigenvalue weighted by Crippen LogP contribution is -2.34. The molecule has 0 saturated carbocycles. The summed E-state index contributed by atoms with van der Waals surface area (Å²) in [4.78, 5) is 30.7. The van der Waals surface area contributed by atoms with Crippen LogP contribution >= 0.6 is 0 Å². The molecular formula is C29H35FN6O4. The zero-order valence-corrected chi connectivity index (χ0v) is 23.9. The van der Waals surface area contributed by atoms with Crippen LogP contribution in [-0.2, 0) is 24.8 Å². The molecule has 2 amide bonds. The zero-order valence-electron chi connectivity index (χ0n) is 23.9. The van der Waals surface area contributed by atoms with Crippen LogP contribution in [0.5, 0.6) is 5.75 Å². The molecule has 0 spiro atoms. The number of ether oxygens (including phenoxy) is 2. The zero-order chi connectivity index (χ0) is 29.2. The van der Waals surface area contributed by atoms with Crippen molar-refractivity contribution >= 4 is 17.6 Å². The minimum absolute atomic E-state index is 0.215. The quantitative estimate of drug-likeness (QED) is 0.346. The molecule has 1 aromatic carbocycles. The monoisotopic (exact) mass is 550 g/mol. The lowest BCUT2D eigenvalue weighted by atomic mass is 10.1. The number of hydrogen-bond donors (Lipinski definition) is 1. The van der Waals surface area contributed by atoms with Crippen molar-refractivity contribution in [3.8, 4) is 16.9 Å². The van der Waals surface area contributed by atoms with Crippen molar-refractivity contribution in [3.05, 3.63) is 71.2 Å². The van der Waals surface area contributed by atoms with Crippen LogP contribution in [0.3, 0.4) is 0 Å². The smallest absolute Gasteiger partial charge is 0.410 e. The van der Waals surface area contributed by atoms with Gasteiger partial charge in [0.1, 0.15) is 22.8 Å². The summed E-state index contributed by atoms with van der Waals surface area (Å²) < 4.78 is 29.4. The van der Waals surface area contributed by atoms with Crippen LogP contribution in [0.4, 0.5) is 9.18 Å². The Balaban J connectivity index is 1.58. The van der Waals surface area contributed by atoms with E-state index in [0.29, 0.717) is 29.1 Å². The van der Waals surface area contributed by atoms with Crippen molar-refractivity contribution in [1.82, 2.24) is 29.4 Å². The topological polar surface area (TPSA) is 103 Å². The first-order valence-electron chi connectivity index (χ1n) is 13.0. The first-order valence-corrected chi connectivity index (χ1v) is 13.0. The van der Waals surface area contributed by atoms with Gasteiger partial charge in [-0.25, -0.2) is 14.2 Å². The third-order valence-corrected chi connectivity index (χ3v) is 6.45. The number of fused-ring (bicyclic) bond motifs is 1. The van der Waals surface area contributed by atoms with Gasteiger partial charge in [0.15, 0.2) is 5.69 Å². The Kier molecular flexibility index (Phi) is 8.13. The molecule has 212 valence electrons. The Morgan fingerprint density at radius 2 is 1.93 bits per heavy atom. The molecule has 0 aliphatic carbocycles. The number of pyridine rings is 1. The highest BCUT2D eigenvalue weighted by atomic mass is 19.1.